The van der Waals surface area contributed by atoms with Gasteiger partial charge < -0.3 is 4.74 Å². The molecule has 246 valence electrons. The predicted molar refractivity (Wildman–Crippen MR) is 219 cm³/mol. The SMILES string of the molecule is c1ccc([Si]2(c3ccccc3)c3cccnc3N(c3cccc(Oc4cccc(-c5ccccn5)c4)c3)c3c2ccc2sc4ccccc4c32)cc1. The van der Waals surface area contributed by atoms with Crippen molar-refractivity contribution in [1.82, 2.24) is 9.97 Å². The molecular formula is C46H31N3OSSi. The molecule has 0 spiro atoms. The molecule has 52 heavy (non-hydrogen) atoms. The van der Waals surface area contributed by atoms with E-state index in [-0.39, 0.29) is 0 Å². The fourth-order valence-corrected chi connectivity index (χ4v) is 14.1. The number of pyridine rings is 2. The second-order valence-electron chi connectivity index (χ2n) is 13.0. The largest absolute Gasteiger partial charge is 0.457 e. The van der Waals surface area contributed by atoms with Gasteiger partial charge >= 0.3 is 0 Å². The lowest BCUT2D eigenvalue weighted by molar-refractivity contribution is 0.483. The Morgan fingerprint density at radius 1 is 0.519 bits per heavy atom. The zero-order valence-corrected chi connectivity index (χ0v) is 29.9. The van der Waals surface area contributed by atoms with Crippen LogP contribution in [-0.4, -0.2) is 18.0 Å². The summed E-state index contributed by atoms with van der Waals surface area (Å²) in [5, 5.41) is 7.78. The van der Waals surface area contributed by atoms with Crippen molar-refractivity contribution in [2.24, 2.45) is 0 Å². The summed E-state index contributed by atoms with van der Waals surface area (Å²) in [5.74, 6) is 2.45. The summed E-state index contributed by atoms with van der Waals surface area (Å²) in [5.41, 5.74) is 4.10. The molecule has 0 bridgehead atoms. The first-order valence-corrected chi connectivity index (χ1v) is 20.2. The van der Waals surface area contributed by atoms with E-state index in [0.717, 1.165) is 34.3 Å². The van der Waals surface area contributed by atoms with Crippen molar-refractivity contribution in [2.45, 2.75) is 0 Å². The van der Waals surface area contributed by atoms with Crippen molar-refractivity contribution in [3.8, 4) is 22.8 Å². The van der Waals surface area contributed by atoms with Crippen LogP contribution in [-0.2, 0) is 0 Å². The van der Waals surface area contributed by atoms with Crippen LogP contribution in [0.4, 0.5) is 17.2 Å². The molecule has 10 rings (SSSR count). The van der Waals surface area contributed by atoms with E-state index < -0.39 is 8.07 Å². The minimum atomic E-state index is -2.88. The Kier molecular flexibility index (Phi) is 7.30. The second-order valence-corrected chi connectivity index (χ2v) is 17.8. The zero-order chi connectivity index (χ0) is 34.5. The summed E-state index contributed by atoms with van der Waals surface area (Å²) >= 11 is 1.85. The minimum absolute atomic E-state index is 0.747. The van der Waals surface area contributed by atoms with Gasteiger partial charge in [0.1, 0.15) is 17.3 Å². The molecule has 1 aliphatic heterocycles. The highest BCUT2D eigenvalue weighted by atomic mass is 32.1. The van der Waals surface area contributed by atoms with Gasteiger partial charge in [-0.3, -0.25) is 9.88 Å². The van der Waals surface area contributed by atoms with E-state index in [1.54, 1.807) is 0 Å². The maximum Gasteiger partial charge on any atom is 0.186 e. The molecule has 0 amide bonds. The van der Waals surface area contributed by atoms with Crippen molar-refractivity contribution < 1.29 is 4.74 Å². The van der Waals surface area contributed by atoms with E-state index in [9.17, 15) is 0 Å². The van der Waals surface area contributed by atoms with Gasteiger partial charge in [-0.1, -0.05) is 115 Å². The van der Waals surface area contributed by atoms with E-state index in [2.05, 4.69) is 143 Å². The molecule has 3 aromatic heterocycles. The van der Waals surface area contributed by atoms with Crippen LogP contribution in [0, 0.1) is 0 Å². The summed E-state index contributed by atoms with van der Waals surface area (Å²) in [6, 6.07) is 62.6. The van der Waals surface area contributed by atoms with Gasteiger partial charge in [-0.25, -0.2) is 4.98 Å². The number of nitrogens with zero attached hydrogens (tertiary/aromatic N) is 3. The molecule has 4 nitrogen and oxygen atoms in total. The molecule has 0 fully saturated rings. The van der Waals surface area contributed by atoms with Crippen molar-refractivity contribution in [2.75, 3.05) is 4.90 Å². The molecule has 1 aliphatic rings. The number of anilines is 3. The monoisotopic (exact) mass is 701 g/mol. The fourth-order valence-electron chi connectivity index (χ4n) is 7.94. The molecule has 4 heterocycles. The average Bonchev–Trinajstić information content (AvgIpc) is 3.60. The van der Waals surface area contributed by atoms with E-state index in [0.29, 0.717) is 0 Å². The van der Waals surface area contributed by atoms with Gasteiger partial charge in [0.25, 0.3) is 0 Å². The van der Waals surface area contributed by atoms with Crippen LogP contribution in [0.15, 0.2) is 188 Å². The molecule has 0 atom stereocenters. The Balaban J connectivity index is 1.23. The Labute approximate surface area is 306 Å². The standard InChI is InChI=1S/C46H31N3OSSi/c1-3-18-36(19-4-1)52(37-20-5-2-6-21-37)42-27-26-41-44(38-22-7-8-24-40(38)51-41)45(42)49(46-43(52)25-13-29-48-46)33-15-12-17-35(31-33)50-34-16-11-14-32(30-34)39-23-9-10-28-47-39/h1-31H. The normalized spacial score (nSPS) is 13.1. The number of ether oxygens (including phenoxy) is 1. The highest BCUT2D eigenvalue weighted by Crippen LogP contribution is 2.46. The first kappa shape index (κ1) is 30.5. The molecule has 0 unspecified atom stereocenters. The van der Waals surface area contributed by atoms with Crippen LogP contribution in [0.25, 0.3) is 31.4 Å². The topological polar surface area (TPSA) is 38.2 Å². The smallest absolute Gasteiger partial charge is 0.186 e. The number of thiophene rings is 1. The van der Waals surface area contributed by atoms with Crippen LogP contribution >= 0.6 is 11.3 Å². The first-order valence-electron chi connectivity index (χ1n) is 17.4. The van der Waals surface area contributed by atoms with Gasteiger partial charge in [0, 0.05) is 44.2 Å². The van der Waals surface area contributed by atoms with Gasteiger partial charge in [-0.15, -0.1) is 11.3 Å². The molecule has 6 aromatic carbocycles. The summed E-state index contributed by atoms with van der Waals surface area (Å²) < 4.78 is 9.14. The highest BCUT2D eigenvalue weighted by molar-refractivity contribution is 7.26. The van der Waals surface area contributed by atoms with Gasteiger partial charge in [-0.2, -0.15) is 0 Å². The van der Waals surface area contributed by atoms with Crippen LogP contribution in [0.1, 0.15) is 0 Å². The predicted octanol–water partition coefficient (Wildman–Crippen LogP) is 9.46. The lowest BCUT2D eigenvalue weighted by atomic mass is 10.1. The van der Waals surface area contributed by atoms with Crippen molar-refractivity contribution in [3.63, 3.8) is 0 Å². The maximum absolute atomic E-state index is 6.61. The Morgan fingerprint density at radius 3 is 2.02 bits per heavy atom. The number of rotatable bonds is 6. The summed E-state index contributed by atoms with van der Waals surface area (Å²) in [4.78, 5) is 12.2. The third-order valence-electron chi connectivity index (χ3n) is 10.1. The number of benzene rings is 6. The van der Waals surface area contributed by atoms with Gasteiger partial charge in [0.2, 0.25) is 0 Å². The minimum Gasteiger partial charge on any atom is -0.457 e. The third kappa shape index (κ3) is 4.80. The number of fused-ring (bicyclic) bond motifs is 6. The summed E-state index contributed by atoms with van der Waals surface area (Å²) in [6.07, 6.45) is 3.75. The van der Waals surface area contributed by atoms with Gasteiger partial charge in [0.05, 0.1) is 17.1 Å². The van der Waals surface area contributed by atoms with E-state index in [4.69, 9.17) is 9.72 Å². The Morgan fingerprint density at radius 2 is 1.23 bits per heavy atom. The molecule has 0 radical (unpaired) electrons. The Hall–Kier alpha value is -6.34. The molecule has 6 heteroatoms. The highest BCUT2D eigenvalue weighted by Gasteiger charge is 2.50. The number of hydrogen-bond donors (Lipinski definition) is 0. The van der Waals surface area contributed by atoms with Gasteiger partial charge in [0.15, 0.2) is 8.07 Å². The van der Waals surface area contributed by atoms with Gasteiger partial charge in [-0.05, 0) is 75.3 Å². The lowest BCUT2D eigenvalue weighted by Gasteiger charge is -2.44. The summed E-state index contributed by atoms with van der Waals surface area (Å²) in [6.45, 7) is 0. The van der Waals surface area contributed by atoms with Crippen molar-refractivity contribution in [3.05, 3.63) is 188 Å². The molecule has 0 saturated carbocycles. The number of aromatic nitrogens is 2. The lowest BCUT2D eigenvalue weighted by Crippen LogP contribution is -2.77. The fraction of sp³-hybridized carbons (Fsp3) is 0. The molecular weight excluding hydrogens is 671 g/mol. The molecule has 0 aliphatic carbocycles. The maximum atomic E-state index is 6.61. The quantitative estimate of drug-likeness (QED) is 0.162. The van der Waals surface area contributed by atoms with Crippen LogP contribution in [0.3, 0.4) is 0 Å². The second kappa shape index (κ2) is 12.5. The molecule has 0 saturated heterocycles. The molecule has 9 aromatic rings. The number of hydrogen-bond acceptors (Lipinski definition) is 5. The van der Waals surface area contributed by atoms with Crippen molar-refractivity contribution >= 4 is 77.5 Å². The van der Waals surface area contributed by atoms with E-state index >= 15 is 0 Å². The zero-order valence-electron chi connectivity index (χ0n) is 28.1. The average molecular weight is 702 g/mol. The van der Waals surface area contributed by atoms with Crippen LogP contribution in [0.2, 0.25) is 0 Å². The van der Waals surface area contributed by atoms with Crippen LogP contribution < -0.4 is 30.4 Å². The van der Waals surface area contributed by atoms with Crippen LogP contribution in [0.5, 0.6) is 11.5 Å². The van der Waals surface area contributed by atoms with E-state index in [1.165, 1.54) is 46.6 Å². The van der Waals surface area contributed by atoms with Crippen molar-refractivity contribution in [1.29, 1.82) is 0 Å². The third-order valence-corrected chi connectivity index (χ3v) is 16.0. The Bertz CT molecular complexity index is 2690. The first-order chi connectivity index (χ1) is 25.8. The summed E-state index contributed by atoms with van der Waals surface area (Å²) in [7, 11) is -2.88. The molecule has 0 N–H and O–H groups in total. The van der Waals surface area contributed by atoms with E-state index in [1.807, 2.05) is 66.2 Å².